The molecule has 2 heterocycles. The largest absolute Gasteiger partial charge is 0.497 e. The summed E-state index contributed by atoms with van der Waals surface area (Å²) in [6.07, 6.45) is 2.07. The number of carbonyl (C=O) groups is 1. The van der Waals surface area contributed by atoms with Crippen molar-refractivity contribution in [2.75, 3.05) is 12.4 Å². The highest BCUT2D eigenvalue weighted by atomic mass is 16.5. The Labute approximate surface area is 194 Å². The number of nitrogens with zero attached hydrogens (tertiary/aromatic N) is 2. The molecular weight excluding hydrogens is 410 g/mol. The summed E-state index contributed by atoms with van der Waals surface area (Å²) in [5, 5.41) is 3.16. The zero-order valence-electron chi connectivity index (χ0n) is 19.1. The molecule has 3 aromatic carbocycles. The van der Waals surface area contributed by atoms with Crippen molar-refractivity contribution < 1.29 is 9.53 Å². The number of rotatable bonds is 3. The number of benzene rings is 3. The van der Waals surface area contributed by atoms with Gasteiger partial charge in [-0.25, -0.2) is 4.79 Å². The van der Waals surface area contributed by atoms with E-state index in [1.54, 1.807) is 7.11 Å². The second kappa shape index (κ2) is 8.51. The van der Waals surface area contributed by atoms with Gasteiger partial charge in [-0.15, -0.1) is 0 Å². The predicted molar refractivity (Wildman–Crippen MR) is 131 cm³/mol. The Kier molecular flexibility index (Phi) is 5.38. The highest BCUT2D eigenvalue weighted by Crippen LogP contribution is 2.37. The van der Waals surface area contributed by atoms with Crippen molar-refractivity contribution in [2.24, 2.45) is 0 Å². The Morgan fingerprint density at radius 2 is 1.76 bits per heavy atom. The Morgan fingerprint density at radius 3 is 2.52 bits per heavy atom. The van der Waals surface area contributed by atoms with Crippen LogP contribution in [-0.4, -0.2) is 22.6 Å². The van der Waals surface area contributed by atoms with Gasteiger partial charge in [0.25, 0.3) is 0 Å². The summed E-state index contributed by atoms with van der Waals surface area (Å²) < 4.78 is 7.55. The van der Waals surface area contributed by atoms with Crippen LogP contribution in [0.1, 0.15) is 34.0 Å². The van der Waals surface area contributed by atoms with Gasteiger partial charge in [0, 0.05) is 17.6 Å². The lowest BCUT2D eigenvalue weighted by Gasteiger charge is -2.31. The number of aromatic nitrogens is 1. The number of carbonyl (C=O) groups excluding carboxylic acids is 1. The van der Waals surface area contributed by atoms with Crippen LogP contribution < -0.4 is 10.1 Å². The number of nitrogens with one attached hydrogen (secondary N) is 1. The van der Waals surface area contributed by atoms with Crippen LogP contribution in [-0.2, 0) is 6.54 Å². The minimum absolute atomic E-state index is 0.132. The van der Waals surface area contributed by atoms with Crippen LogP contribution in [0.4, 0.5) is 10.5 Å². The predicted octanol–water partition coefficient (Wildman–Crippen LogP) is 6.24. The molecule has 1 unspecified atom stereocenters. The van der Waals surface area contributed by atoms with Crippen molar-refractivity contribution in [3.8, 4) is 11.4 Å². The van der Waals surface area contributed by atoms with E-state index >= 15 is 0 Å². The molecule has 166 valence electrons. The number of anilines is 1. The highest BCUT2D eigenvalue weighted by Gasteiger charge is 2.33. The maximum absolute atomic E-state index is 13.8. The van der Waals surface area contributed by atoms with Crippen LogP contribution in [0.2, 0.25) is 0 Å². The zero-order valence-corrected chi connectivity index (χ0v) is 19.1. The summed E-state index contributed by atoms with van der Waals surface area (Å²) in [5.41, 5.74) is 7.30. The van der Waals surface area contributed by atoms with Crippen LogP contribution >= 0.6 is 0 Å². The van der Waals surface area contributed by atoms with E-state index in [1.807, 2.05) is 66.4 Å². The second-order valence-electron chi connectivity index (χ2n) is 8.48. The van der Waals surface area contributed by atoms with E-state index in [-0.39, 0.29) is 12.1 Å². The first kappa shape index (κ1) is 20.9. The normalized spacial score (nSPS) is 14.8. The summed E-state index contributed by atoms with van der Waals surface area (Å²) in [4.78, 5) is 15.7. The van der Waals surface area contributed by atoms with Gasteiger partial charge < -0.3 is 19.5 Å². The van der Waals surface area contributed by atoms with Crippen molar-refractivity contribution in [1.82, 2.24) is 9.47 Å². The van der Waals surface area contributed by atoms with E-state index in [1.165, 1.54) is 5.56 Å². The maximum atomic E-state index is 13.8. The molecule has 5 rings (SSSR count). The molecular formula is C28H27N3O2. The molecule has 0 radical (unpaired) electrons. The van der Waals surface area contributed by atoms with Crippen molar-refractivity contribution in [2.45, 2.75) is 26.4 Å². The van der Waals surface area contributed by atoms with Crippen LogP contribution in [0.3, 0.4) is 0 Å². The van der Waals surface area contributed by atoms with Gasteiger partial charge in [0.1, 0.15) is 5.75 Å². The summed E-state index contributed by atoms with van der Waals surface area (Å²) in [7, 11) is 1.66. The monoisotopic (exact) mass is 437 g/mol. The second-order valence-corrected chi connectivity index (χ2v) is 8.48. The molecule has 5 heteroatoms. The minimum Gasteiger partial charge on any atom is -0.497 e. The molecule has 0 spiro atoms. The number of hydrogen-bond donors (Lipinski definition) is 1. The quantitative estimate of drug-likeness (QED) is 0.412. The molecule has 4 aromatic rings. The van der Waals surface area contributed by atoms with Crippen molar-refractivity contribution in [3.63, 3.8) is 0 Å². The summed E-state index contributed by atoms with van der Waals surface area (Å²) >= 11 is 0. The maximum Gasteiger partial charge on any atom is 0.322 e. The molecule has 0 aliphatic carbocycles. The van der Waals surface area contributed by atoms with Crippen molar-refractivity contribution in [3.05, 3.63) is 113 Å². The average Bonchev–Trinajstić information content (AvgIpc) is 3.25. The lowest BCUT2D eigenvalue weighted by Crippen LogP contribution is -2.38. The van der Waals surface area contributed by atoms with Crippen molar-refractivity contribution >= 4 is 11.7 Å². The molecule has 0 saturated carbocycles. The molecule has 0 saturated heterocycles. The standard InChI is InChI=1S/C28H27N3O2/c1-19-10-15-24(20(2)17-19)29-28(32)31-18-22-7-4-5-8-25(22)30-16-6-9-26(30)27(31)21-11-13-23(33-3)14-12-21/h4-17,27H,18H2,1-3H3,(H,29,32). The number of para-hydroxylation sites is 1. The number of methoxy groups -OCH3 is 1. The zero-order chi connectivity index (χ0) is 22.9. The molecule has 1 aliphatic heterocycles. The number of ether oxygens (including phenoxy) is 1. The molecule has 1 aromatic heterocycles. The molecule has 1 atom stereocenters. The van der Waals surface area contributed by atoms with Gasteiger partial charge in [0.15, 0.2) is 0 Å². The summed E-state index contributed by atoms with van der Waals surface area (Å²) in [6.45, 7) is 4.57. The van der Waals surface area contributed by atoms with Crippen LogP contribution in [0.5, 0.6) is 5.75 Å². The first-order chi connectivity index (χ1) is 16.0. The Morgan fingerprint density at radius 1 is 0.970 bits per heavy atom. The Hall–Kier alpha value is -3.99. The van der Waals surface area contributed by atoms with Crippen LogP contribution in [0, 0.1) is 13.8 Å². The summed E-state index contributed by atoms with van der Waals surface area (Å²) in [5.74, 6) is 0.789. The van der Waals surface area contributed by atoms with Gasteiger partial charge in [-0.3, -0.25) is 0 Å². The van der Waals surface area contributed by atoms with Gasteiger partial charge in [-0.2, -0.15) is 0 Å². The van der Waals surface area contributed by atoms with Gasteiger partial charge in [0.05, 0.1) is 25.4 Å². The lowest BCUT2D eigenvalue weighted by atomic mass is 10.0. The number of fused-ring (bicyclic) bond motifs is 3. The molecule has 5 nitrogen and oxygen atoms in total. The highest BCUT2D eigenvalue weighted by molar-refractivity contribution is 5.91. The summed E-state index contributed by atoms with van der Waals surface area (Å²) in [6, 6.07) is 26.0. The van der Waals surface area contributed by atoms with E-state index in [4.69, 9.17) is 4.74 Å². The van der Waals surface area contributed by atoms with E-state index in [0.29, 0.717) is 6.54 Å². The SMILES string of the molecule is COc1ccc(C2c3cccn3-c3ccccc3CN2C(=O)Nc2ccc(C)cc2C)cc1. The molecule has 1 aliphatic rings. The number of aryl methyl sites for hydroxylation is 2. The topological polar surface area (TPSA) is 46.5 Å². The Bertz CT molecular complexity index is 1310. The number of urea groups is 1. The minimum atomic E-state index is -0.260. The molecule has 1 N–H and O–H groups in total. The van der Waals surface area contributed by atoms with Gasteiger partial charge in [0.2, 0.25) is 0 Å². The first-order valence-electron chi connectivity index (χ1n) is 11.1. The van der Waals surface area contributed by atoms with Gasteiger partial charge in [-0.05, 0) is 66.9 Å². The first-order valence-corrected chi connectivity index (χ1v) is 11.1. The number of amides is 2. The van der Waals surface area contributed by atoms with E-state index in [0.717, 1.165) is 39.5 Å². The smallest absolute Gasteiger partial charge is 0.322 e. The molecule has 33 heavy (non-hydrogen) atoms. The Balaban J connectivity index is 1.62. The number of hydrogen-bond acceptors (Lipinski definition) is 2. The third kappa shape index (κ3) is 3.87. The van der Waals surface area contributed by atoms with E-state index in [9.17, 15) is 4.79 Å². The van der Waals surface area contributed by atoms with E-state index in [2.05, 4.69) is 47.3 Å². The van der Waals surface area contributed by atoms with Gasteiger partial charge >= 0.3 is 6.03 Å². The van der Waals surface area contributed by atoms with Crippen LogP contribution in [0.15, 0.2) is 85.1 Å². The third-order valence-electron chi connectivity index (χ3n) is 6.28. The van der Waals surface area contributed by atoms with Crippen molar-refractivity contribution in [1.29, 1.82) is 0 Å². The van der Waals surface area contributed by atoms with E-state index < -0.39 is 0 Å². The fourth-order valence-corrected chi connectivity index (χ4v) is 4.62. The third-order valence-corrected chi connectivity index (χ3v) is 6.28. The van der Waals surface area contributed by atoms with Gasteiger partial charge in [-0.1, -0.05) is 48.0 Å². The molecule has 0 bridgehead atoms. The lowest BCUT2D eigenvalue weighted by molar-refractivity contribution is 0.194. The molecule has 2 amide bonds. The van der Waals surface area contributed by atoms with Crippen LogP contribution in [0.25, 0.3) is 5.69 Å². The fraction of sp³-hybridized carbons (Fsp3) is 0.179. The molecule has 0 fully saturated rings. The average molecular weight is 438 g/mol. The fourth-order valence-electron chi connectivity index (χ4n) is 4.62.